The fraction of sp³-hybridized carbons (Fsp3) is 0.341. The molecule has 5 aromatic rings. The van der Waals surface area contributed by atoms with Gasteiger partial charge in [-0.1, -0.05) is 37.1 Å². The molecule has 3 aromatic carbocycles. The predicted octanol–water partition coefficient (Wildman–Crippen LogP) is 3.82. The first-order valence-electron chi connectivity index (χ1n) is 20.7. The Morgan fingerprint density at radius 3 is 2.40 bits per heavy atom. The van der Waals surface area contributed by atoms with Crippen LogP contribution in [0, 0.1) is 0 Å². The molecule has 0 bridgehead atoms. The van der Waals surface area contributed by atoms with Gasteiger partial charge in [0.15, 0.2) is 22.1 Å². The molecule has 62 heavy (non-hydrogen) atoms. The minimum atomic E-state index is -3.30. The Bertz CT molecular complexity index is 2640. The number of nitrogens with one attached hydrogen (secondary N) is 3. The van der Waals surface area contributed by atoms with Crippen LogP contribution in [0.15, 0.2) is 90.0 Å². The first-order valence-corrected chi connectivity index (χ1v) is 22.6. The van der Waals surface area contributed by atoms with Crippen LogP contribution in [0.1, 0.15) is 59.2 Å². The fourth-order valence-electron chi connectivity index (χ4n) is 8.05. The van der Waals surface area contributed by atoms with Crippen LogP contribution in [-0.4, -0.2) is 121 Å². The molecule has 2 fully saturated rings. The lowest BCUT2D eigenvalue weighted by Crippen LogP contribution is -2.54. The number of aromatic nitrogens is 3. The molecule has 0 spiro atoms. The summed E-state index contributed by atoms with van der Waals surface area (Å²) >= 11 is 0. The van der Waals surface area contributed by atoms with Crippen molar-refractivity contribution >= 4 is 62.3 Å². The molecule has 3 aliphatic rings. The lowest BCUT2D eigenvalue weighted by molar-refractivity contribution is -0.136. The minimum absolute atomic E-state index is 0.00697. The van der Waals surface area contributed by atoms with E-state index in [-0.39, 0.29) is 47.1 Å². The van der Waals surface area contributed by atoms with E-state index >= 15 is 0 Å². The number of hydrogen-bond donors (Lipinski definition) is 3. The van der Waals surface area contributed by atoms with Gasteiger partial charge in [-0.15, -0.1) is 5.10 Å². The van der Waals surface area contributed by atoms with Gasteiger partial charge in [-0.3, -0.25) is 39.1 Å². The summed E-state index contributed by atoms with van der Waals surface area (Å²) in [6, 6.07) is 22.2. The van der Waals surface area contributed by atoms with Crippen molar-refractivity contribution in [3.05, 3.63) is 96.2 Å². The van der Waals surface area contributed by atoms with Gasteiger partial charge in [-0.05, 0) is 86.0 Å². The highest BCUT2D eigenvalue weighted by atomic mass is 32.2. The second-order valence-corrected chi connectivity index (χ2v) is 17.6. The maximum absolute atomic E-state index is 13.3. The number of nitrogens with zero attached hydrogens (tertiary/aromatic N) is 6. The lowest BCUT2D eigenvalue weighted by atomic mass is 10.0. The zero-order valence-corrected chi connectivity index (χ0v) is 35.0. The van der Waals surface area contributed by atoms with Crippen molar-refractivity contribution in [1.29, 1.82) is 0 Å². The van der Waals surface area contributed by atoms with Crippen molar-refractivity contribution in [3.8, 4) is 16.9 Å². The van der Waals surface area contributed by atoms with E-state index in [1.807, 2.05) is 30.5 Å². The van der Waals surface area contributed by atoms with E-state index in [1.54, 1.807) is 34.8 Å². The highest BCUT2D eigenvalue weighted by Crippen LogP contribution is 2.34. The van der Waals surface area contributed by atoms with E-state index in [2.05, 4.69) is 43.0 Å². The maximum atomic E-state index is 13.3. The van der Waals surface area contributed by atoms with Crippen LogP contribution in [0.5, 0.6) is 5.75 Å². The number of anilines is 3. The number of unbranched alkanes of at least 4 members (excludes halogenated alkanes) is 3. The van der Waals surface area contributed by atoms with Crippen molar-refractivity contribution in [3.63, 3.8) is 0 Å². The third kappa shape index (κ3) is 9.30. The summed E-state index contributed by atoms with van der Waals surface area (Å²) in [4.78, 5) is 73.6. The van der Waals surface area contributed by atoms with Gasteiger partial charge in [-0.25, -0.2) is 12.9 Å². The van der Waals surface area contributed by atoms with Crippen LogP contribution in [0.4, 0.5) is 17.3 Å². The Balaban J connectivity index is 0.731. The standard InChI is InChI=1S/C44H47N9O8S/c1-62(59,60)32-16-14-29(15-17-32)33-12-8-22-52-40(33)48-44(49-52)46-30-9-6-10-31(27-30)51-25-23-50(24-26-51)21-5-3-2-4-20-45-38(55)28-61-36-13-7-11-34-39(36)43(58)53(42(34)57)35-18-19-37(54)47-41(35)56/h6-17,22,27,35H,2-5,18-21,23-26,28H2,1H3,(H,45,55)(H,46,49)(H,47,54,56). The van der Waals surface area contributed by atoms with E-state index in [0.29, 0.717) is 18.1 Å². The zero-order chi connectivity index (χ0) is 43.4. The molecule has 2 aromatic heterocycles. The van der Waals surface area contributed by atoms with Gasteiger partial charge in [0.25, 0.3) is 17.7 Å². The Morgan fingerprint density at radius 2 is 1.63 bits per heavy atom. The number of piperidine rings is 1. The second kappa shape index (κ2) is 18.1. The summed E-state index contributed by atoms with van der Waals surface area (Å²) in [7, 11) is -3.30. The number of sulfone groups is 1. The molecule has 3 aliphatic heterocycles. The highest BCUT2D eigenvalue weighted by Gasteiger charge is 2.46. The number of amides is 5. The predicted molar refractivity (Wildman–Crippen MR) is 230 cm³/mol. The summed E-state index contributed by atoms with van der Waals surface area (Å²) < 4.78 is 31.2. The first kappa shape index (κ1) is 42.0. The summed E-state index contributed by atoms with van der Waals surface area (Å²) in [5, 5.41) is 13.0. The van der Waals surface area contributed by atoms with E-state index in [1.165, 1.54) is 18.4 Å². The number of benzene rings is 3. The number of hydrogen-bond acceptors (Lipinski definition) is 13. The molecule has 8 rings (SSSR count). The number of pyridine rings is 1. The van der Waals surface area contributed by atoms with Crippen LogP contribution in [0.25, 0.3) is 16.8 Å². The molecule has 3 N–H and O–H groups in total. The molecule has 0 saturated carbocycles. The van der Waals surface area contributed by atoms with Crippen molar-refractivity contribution in [1.82, 2.24) is 35.0 Å². The summed E-state index contributed by atoms with van der Waals surface area (Å²) in [5.74, 6) is -2.27. The SMILES string of the molecule is CS(=O)(=O)c1ccc(-c2cccn3nc(Nc4cccc(N5CCN(CCCCCCNC(=O)COc6cccc7c6C(=O)N(C6CCC(=O)NC6=O)C7=O)CC5)c4)nc23)cc1. The largest absolute Gasteiger partial charge is 0.483 e. The van der Waals surface area contributed by atoms with E-state index in [0.717, 1.165) is 85.8 Å². The third-order valence-electron chi connectivity index (χ3n) is 11.3. The van der Waals surface area contributed by atoms with Crippen LogP contribution < -0.4 is 25.6 Å². The Labute approximate surface area is 358 Å². The Hall–Kier alpha value is -6.66. The maximum Gasteiger partial charge on any atom is 0.266 e. The average molecular weight is 862 g/mol. The van der Waals surface area contributed by atoms with Crippen LogP contribution in [0.2, 0.25) is 0 Å². The van der Waals surface area contributed by atoms with E-state index in [4.69, 9.17) is 9.72 Å². The van der Waals surface area contributed by atoms with Gasteiger partial charge < -0.3 is 20.3 Å². The molecule has 0 radical (unpaired) electrons. The monoisotopic (exact) mass is 861 g/mol. The molecule has 18 heteroatoms. The van der Waals surface area contributed by atoms with Gasteiger partial charge in [0.1, 0.15) is 11.8 Å². The molecule has 1 unspecified atom stereocenters. The average Bonchev–Trinajstić information content (AvgIpc) is 3.79. The van der Waals surface area contributed by atoms with E-state index < -0.39 is 39.5 Å². The van der Waals surface area contributed by atoms with Crippen molar-refractivity contribution in [2.75, 3.05) is 62.3 Å². The molecule has 322 valence electrons. The molecular formula is C44H47N9O8S. The number of ether oxygens (including phenoxy) is 1. The first-order chi connectivity index (χ1) is 29.9. The van der Waals surface area contributed by atoms with Gasteiger partial charge in [0, 0.05) is 68.5 Å². The Kier molecular flexibility index (Phi) is 12.3. The van der Waals surface area contributed by atoms with Crippen LogP contribution in [0.3, 0.4) is 0 Å². The van der Waals surface area contributed by atoms with E-state index in [9.17, 15) is 32.4 Å². The topological polar surface area (TPSA) is 205 Å². The van der Waals surface area contributed by atoms with Crippen molar-refractivity contribution in [2.24, 2.45) is 0 Å². The summed E-state index contributed by atoms with van der Waals surface area (Å²) in [6.45, 7) is 4.87. The molecule has 5 amide bonds. The third-order valence-corrected chi connectivity index (χ3v) is 12.4. The Morgan fingerprint density at radius 1 is 0.871 bits per heavy atom. The van der Waals surface area contributed by atoms with Gasteiger partial charge >= 0.3 is 0 Å². The molecule has 5 heterocycles. The van der Waals surface area contributed by atoms with Gasteiger partial charge in [0.05, 0.1) is 16.0 Å². The summed E-state index contributed by atoms with van der Waals surface area (Å²) in [5.41, 5.74) is 4.42. The molecule has 1 atom stereocenters. The number of carbonyl (C=O) groups is 5. The molecule has 0 aliphatic carbocycles. The van der Waals surface area contributed by atoms with Crippen LogP contribution >= 0.6 is 0 Å². The number of imide groups is 2. The number of fused-ring (bicyclic) bond motifs is 2. The number of piperazine rings is 1. The molecular weight excluding hydrogens is 815 g/mol. The molecule has 2 saturated heterocycles. The van der Waals surface area contributed by atoms with Gasteiger partial charge in [0.2, 0.25) is 17.8 Å². The number of carbonyl (C=O) groups excluding carboxylic acids is 5. The van der Waals surface area contributed by atoms with Crippen molar-refractivity contribution < 1.29 is 37.1 Å². The fourth-order valence-corrected chi connectivity index (χ4v) is 8.68. The second-order valence-electron chi connectivity index (χ2n) is 15.6. The zero-order valence-electron chi connectivity index (χ0n) is 34.2. The number of rotatable bonds is 16. The van der Waals surface area contributed by atoms with Crippen LogP contribution in [-0.2, 0) is 24.2 Å². The quantitative estimate of drug-likeness (QED) is 0.0955. The highest BCUT2D eigenvalue weighted by molar-refractivity contribution is 7.90. The smallest absolute Gasteiger partial charge is 0.266 e. The lowest BCUT2D eigenvalue weighted by Gasteiger charge is -2.36. The minimum Gasteiger partial charge on any atom is -0.483 e. The van der Waals surface area contributed by atoms with Crippen molar-refractivity contribution in [2.45, 2.75) is 49.5 Å². The van der Waals surface area contributed by atoms with Gasteiger partial charge in [-0.2, -0.15) is 4.98 Å². The molecule has 17 nitrogen and oxygen atoms in total. The summed E-state index contributed by atoms with van der Waals surface area (Å²) in [6.07, 6.45) is 6.95. The normalized spacial score (nSPS) is 17.0.